The standard InChI is InChI=1S/C15H18O/c1-12(14-8-5-9-15(14)16)10-11-13-6-3-2-4-7-13/h2-4,6-7H,5,8-11H2,1H3. The number of carbonyl (C=O) groups excluding carboxylic acids is 1. The summed E-state index contributed by atoms with van der Waals surface area (Å²) in [6.07, 6.45) is 4.88. The molecule has 1 aliphatic rings. The van der Waals surface area contributed by atoms with Crippen LogP contribution in [0, 0.1) is 0 Å². The first-order valence-electron chi connectivity index (χ1n) is 6.03. The lowest BCUT2D eigenvalue weighted by Crippen LogP contribution is -1.97. The molecule has 84 valence electrons. The summed E-state index contributed by atoms with van der Waals surface area (Å²) in [4.78, 5) is 11.6. The van der Waals surface area contributed by atoms with Crippen LogP contribution in [0.3, 0.4) is 0 Å². The minimum Gasteiger partial charge on any atom is -0.295 e. The fraction of sp³-hybridized carbons (Fsp3) is 0.400. The van der Waals surface area contributed by atoms with Gasteiger partial charge in [-0.2, -0.15) is 0 Å². The SMILES string of the molecule is CC(CCc1ccccc1)=C1CCCC1=O. The molecule has 0 aliphatic heterocycles. The number of ketones is 1. The first kappa shape index (κ1) is 11.1. The quantitative estimate of drug-likeness (QED) is 0.701. The van der Waals surface area contributed by atoms with Gasteiger partial charge in [0, 0.05) is 6.42 Å². The molecule has 0 aromatic heterocycles. The molecule has 0 N–H and O–H groups in total. The van der Waals surface area contributed by atoms with E-state index in [0.717, 1.165) is 37.7 Å². The zero-order valence-corrected chi connectivity index (χ0v) is 9.83. The molecule has 1 nitrogen and oxygen atoms in total. The Morgan fingerprint density at radius 2 is 1.94 bits per heavy atom. The van der Waals surface area contributed by atoms with Crippen molar-refractivity contribution in [3.63, 3.8) is 0 Å². The van der Waals surface area contributed by atoms with Crippen molar-refractivity contribution in [2.45, 2.75) is 39.0 Å². The maximum Gasteiger partial charge on any atom is 0.158 e. The van der Waals surface area contributed by atoms with E-state index < -0.39 is 0 Å². The van der Waals surface area contributed by atoms with Crippen molar-refractivity contribution in [1.82, 2.24) is 0 Å². The minimum absolute atomic E-state index is 0.380. The molecule has 2 rings (SSSR count). The van der Waals surface area contributed by atoms with Gasteiger partial charge >= 0.3 is 0 Å². The van der Waals surface area contributed by atoms with Gasteiger partial charge in [0.1, 0.15) is 0 Å². The molecular formula is C15H18O. The predicted octanol–water partition coefficient (Wildman–Crippen LogP) is 3.69. The lowest BCUT2D eigenvalue weighted by Gasteiger charge is -2.05. The number of rotatable bonds is 3. The van der Waals surface area contributed by atoms with Crippen molar-refractivity contribution < 1.29 is 4.79 Å². The van der Waals surface area contributed by atoms with Crippen molar-refractivity contribution in [2.24, 2.45) is 0 Å². The van der Waals surface area contributed by atoms with Gasteiger partial charge in [-0.1, -0.05) is 35.9 Å². The molecule has 0 radical (unpaired) electrons. The second kappa shape index (κ2) is 5.11. The van der Waals surface area contributed by atoms with Crippen LogP contribution in [0.25, 0.3) is 0 Å². The molecule has 16 heavy (non-hydrogen) atoms. The summed E-state index contributed by atoms with van der Waals surface area (Å²) in [6.45, 7) is 2.11. The second-order valence-electron chi connectivity index (χ2n) is 4.52. The van der Waals surface area contributed by atoms with Crippen molar-refractivity contribution >= 4 is 5.78 Å². The van der Waals surface area contributed by atoms with E-state index in [9.17, 15) is 4.79 Å². The van der Waals surface area contributed by atoms with Crippen LogP contribution in [-0.2, 0) is 11.2 Å². The van der Waals surface area contributed by atoms with Crippen LogP contribution >= 0.6 is 0 Å². The van der Waals surface area contributed by atoms with Gasteiger partial charge in [-0.25, -0.2) is 0 Å². The Morgan fingerprint density at radius 3 is 2.56 bits per heavy atom. The molecule has 0 saturated heterocycles. The van der Waals surface area contributed by atoms with E-state index in [1.165, 1.54) is 11.1 Å². The summed E-state index contributed by atoms with van der Waals surface area (Å²) >= 11 is 0. The monoisotopic (exact) mass is 214 g/mol. The number of Topliss-reactive ketones (excluding diaryl/α,β-unsaturated/α-hetero) is 1. The molecule has 0 spiro atoms. The van der Waals surface area contributed by atoms with E-state index in [-0.39, 0.29) is 0 Å². The summed E-state index contributed by atoms with van der Waals surface area (Å²) in [5.41, 5.74) is 3.76. The first-order chi connectivity index (χ1) is 7.77. The number of hydrogen-bond donors (Lipinski definition) is 0. The molecule has 1 aromatic rings. The molecule has 1 aromatic carbocycles. The fourth-order valence-corrected chi connectivity index (χ4v) is 2.29. The highest BCUT2D eigenvalue weighted by atomic mass is 16.1. The Morgan fingerprint density at radius 1 is 1.19 bits per heavy atom. The van der Waals surface area contributed by atoms with Gasteiger partial charge in [-0.15, -0.1) is 0 Å². The normalized spacial score (nSPS) is 18.9. The molecule has 1 aliphatic carbocycles. The van der Waals surface area contributed by atoms with E-state index in [0.29, 0.717) is 5.78 Å². The molecule has 1 fully saturated rings. The Hall–Kier alpha value is -1.37. The summed E-state index contributed by atoms with van der Waals surface area (Å²) in [6, 6.07) is 10.5. The number of aryl methyl sites for hydroxylation is 1. The van der Waals surface area contributed by atoms with E-state index in [4.69, 9.17) is 0 Å². The van der Waals surface area contributed by atoms with Crippen molar-refractivity contribution in [3.8, 4) is 0 Å². The van der Waals surface area contributed by atoms with E-state index >= 15 is 0 Å². The van der Waals surface area contributed by atoms with Gasteiger partial charge in [-0.05, 0) is 43.7 Å². The van der Waals surface area contributed by atoms with Crippen molar-refractivity contribution in [3.05, 3.63) is 47.0 Å². The van der Waals surface area contributed by atoms with Crippen LogP contribution in [0.2, 0.25) is 0 Å². The lowest BCUT2D eigenvalue weighted by atomic mass is 10.00. The highest BCUT2D eigenvalue weighted by Gasteiger charge is 2.18. The molecule has 1 heteroatoms. The summed E-state index contributed by atoms with van der Waals surface area (Å²) in [5.74, 6) is 0.380. The fourth-order valence-electron chi connectivity index (χ4n) is 2.29. The molecule has 0 amide bonds. The topological polar surface area (TPSA) is 17.1 Å². The van der Waals surface area contributed by atoms with Gasteiger partial charge in [0.15, 0.2) is 5.78 Å². The van der Waals surface area contributed by atoms with Crippen LogP contribution < -0.4 is 0 Å². The maximum absolute atomic E-state index is 11.6. The molecular weight excluding hydrogens is 196 g/mol. The van der Waals surface area contributed by atoms with E-state index in [2.05, 4.69) is 31.2 Å². The van der Waals surface area contributed by atoms with Gasteiger partial charge < -0.3 is 0 Å². The van der Waals surface area contributed by atoms with Crippen molar-refractivity contribution in [1.29, 1.82) is 0 Å². The van der Waals surface area contributed by atoms with Crippen LogP contribution in [0.4, 0.5) is 0 Å². The Balaban J connectivity index is 1.98. The first-order valence-corrected chi connectivity index (χ1v) is 6.03. The maximum atomic E-state index is 11.6. The smallest absolute Gasteiger partial charge is 0.158 e. The van der Waals surface area contributed by atoms with E-state index in [1.807, 2.05) is 6.07 Å². The van der Waals surface area contributed by atoms with Gasteiger partial charge in [-0.3, -0.25) is 4.79 Å². The third-order valence-electron chi connectivity index (χ3n) is 3.31. The third kappa shape index (κ3) is 2.60. The summed E-state index contributed by atoms with van der Waals surface area (Å²) < 4.78 is 0. The molecule has 1 saturated carbocycles. The number of hydrogen-bond acceptors (Lipinski definition) is 1. The zero-order valence-electron chi connectivity index (χ0n) is 9.83. The zero-order chi connectivity index (χ0) is 11.4. The Bertz CT molecular complexity index is 401. The lowest BCUT2D eigenvalue weighted by molar-refractivity contribution is -0.114. The molecule has 0 heterocycles. The molecule has 0 atom stereocenters. The summed E-state index contributed by atoms with van der Waals surface area (Å²) in [7, 11) is 0. The number of carbonyl (C=O) groups is 1. The van der Waals surface area contributed by atoms with Crippen LogP contribution in [0.5, 0.6) is 0 Å². The average Bonchev–Trinajstić information content (AvgIpc) is 2.74. The average molecular weight is 214 g/mol. The predicted molar refractivity (Wildman–Crippen MR) is 66.3 cm³/mol. The second-order valence-corrected chi connectivity index (χ2v) is 4.52. The molecule has 0 unspecified atom stereocenters. The van der Waals surface area contributed by atoms with Gasteiger partial charge in [0.25, 0.3) is 0 Å². The Kier molecular flexibility index (Phi) is 3.55. The van der Waals surface area contributed by atoms with Gasteiger partial charge in [0.05, 0.1) is 0 Å². The van der Waals surface area contributed by atoms with Gasteiger partial charge in [0.2, 0.25) is 0 Å². The van der Waals surface area contributed by atoms with E-state index in [1.54, 1.807) is 0 Å². The summed E-state index contributed by atoms with van der Waals surface area (Å²) in [5, 5.41) is 0. The van der Waals surface area contributed by atoms with Crippen LogP contribution in [0.15, 0.2) is 41.5 Å². The Labute approximate surface area is 97.2 Å². The number of allylic oxidation sites excluding steroid dienone is 2. The van der Waals surface area contributed by atoms with Crippen LogP contribution in [0.1, 0.15) is 38.2 Å². The van der Waals surface area contributed by atoms with Crippen LogP contribution in [-0.4, -0.2) is 5.78 Å². The number of benzene rings is 1. The third-order valence-corrected chi connectivity index (χ3v) is 3.31. The highest BCUT2D eigenvalue weighted by Crippen LogP contribution is 2.25. The highest BCUT2D eigenvalue weighted by molar-refractivity contribution is 5.97. The largest absolute Gasteiger partial charge is 0.295 e. The molecule has 0 bridgehead atoms. The van der Waals surface area contributed by atoms with Crippen molar-refractivity contribution in [2.75, 3.05) is 0 Å². The minimum atomic E-state index is 0.380.